The van der Waals surface area contributed by atoms with Crippen LogP contribution in [0.25, 0.3) is 0 Å². The number of carbonyl (C=O) groups excluding carboxylic acids is 1. The minimum absolute atomic E-state index is 0.359. The first-order valence-electron chi connectivity index (χ1n) is 6.35. The quantitative estimate of drug-likeness (QED) is 0.816. The lowest BCUT2D eigenvalue weighted by Gasteiger charge is -2.10. The predicted molar refractivity (Wildman–Crippen MR) is 68.6 cm³/mol. The van der Waals surface area contributed by atoms with E-state index in [0.29, 0.717) is 5.56 Å². The van der Waals surface area contributed by atoms with E-state index in [1.807, 2.05) is 18.2 Å². The number of nitrogens with two attached hydrogens (primary N) is 1. The highest BCUT2D eigenvalue weighted by molar-refractivity contribution is 5.92. The second-order valence-electron chi connectivity index (χ2n) is 4.85. The Balaban J connectivity index is 1.81. The van der Waals surface area contributed by atoms with Crippen molar-refractivity contribution in [1.29, 1.82) is 0 Å². The topological polar surface area (TPSA) is 55.1 Å². The lowest BCUT2D eigenvalue weighted by atomic mass is 10.1. The standard InChI is InChI=1S/C14H20N2O/c15-14(17)13-7-3-6-12(8-13)10-16-9-11-4-1-2-5-11/h3,6-8,11,16H,1-2,4-5,9-10H2,(H2,15,17). The summed E-state index contributed by atoms with van der Waals surface area (Å²) >= 11 is 0. The minimum atomic E-state index is -0.359. The summed E-state index contributed by atoms with van der Waals surface area (Å²) in [7, 11) is 0. The average Bonchev–Trinajstić information content (AvgIpc) is 2.82. The van der Waals surface area contributed by atoms with Crippen LogP contribution in [0.15, 0.2) is 24.3 Å². The van der Waals surface area contributed by atoms with Crippen molar-refractivity contribution >= 4 is 5.91 Å². The second-order valence-corrected chi connectivity index (χ2v) is 4.85. The maximum atomic E-state index is 11.0. The van der Waals surface area contributed by atoms with Crippen LogP contribution in [0.2, 0.25) is 0 Å². The molecule has 2 rings (SSSR count). The summed E-state index contributed by atoms with van der Waals surface area (Å²) in [5.74, 6) is 0.483. The molecule has 0 spiro atoms. The molecule has 17 heavy (non-hydrogen) atoms. The second kappa shape index (κ2) is 5.82. The number of hydrogen-bond donors (Lipinski definition) is 2. The summed E-state index contributed by atoms with van der Waals surface area (Å²) in [6.45, 7) is 1.90. The third-order valence-electron chi connectivity index (χ3n) is 3.45. The van der Waals surface area contributed by atoms with Gasteiger partial charge in [-0.1, -0.05) is 25.0 Å². The zero-order chi connectivity index (χ0) is 12.1. The van der Waals surface area contributed by atoms with Gasteiger partial charge < -0.3 is 11.1 Å². The highest BCUT2D eigenvalue weighted by atomic mass is 16.1. The normalized spacial score (nSPS) is 16.2. The fourth-order valence-electron chi connectivity index (χ4n) is 2.47. The molecule has 3 heteroatoms. The van der Waals surface area contributed by atoms with Crippen molar-refractivity contribution in [3.05, 3.63) is 35.4 Å². The molecular weight excluding hydrogens is 212 g/mol. The van der Waals surface area contributed by atoms with E-state index in [4.69, 9.17) is 5.73 Å². The summed E-state index contributed by atoms with van der Waals surface area (Å²) in [5, 5.41) is 3.46. The van der Waals surface area contributed by atoms with Crippen molar-refractivity contribution in [2.75, 3.05) is 6.54 Å². The lowest BCUT2D eigenvalue weighted by Crippen LogP contribution is -2.21. The summed E-state index contributed by atoms with van der Waals surface area (Å²) in [4.78, 5) is 11.0. The summed E-state index contributed by atoms with van der Waals surface area (Å²) in [5.41, 5.74) is 6.96. The Morgan fingerprint density at radius 3 is 2.82 bits per heavy atom. The number of nitrogens with one attached hydrogen (secondary N) is 1. The zero-order valence-corrected chi connectivity index (χ0v) is 10.1. The van der Waals surface area contributed by atoms with Crippen LogP contribution in [-0.4, -0.2) is 12.5 Å². The van der Waals surface area contributed by atoms with Crippen molar-refractivity contribution in [3.63, 3.8) is 0 Å². The van der Waals surface area contributed by atoms with E-state index < -0.39 is 0 Å². The largest absolute Gasteiger partial charge is 0.366 e. The van der Waals surface area contributed by atoms with E-state index in [9.17, 15) is 4.79 Å². The Morgan fingerprint density at radius 2 is 2.12 bits per heavy atom. The Morgan fingerprint density at radius 1 is 1.35 bits per heavy atom. The van der Waals surface area contributed by atoms with Gasteiger partial charge in [0.2, 0.25) is 5.91 Å². The molecule has 1 fully saturated rings. The maximum absolute atomic E-state index is 11.0. The summed E-state index contributed by atoms with van der Waals surface area (Å²) < 4.78 is 0. The van der Waals surface area contributed by atoms with E-state index >= 15 is 0 Å². The van der Waals surface area contributed by atoms with Gasteiger partial charge in [0.05, 0.1) is 0 Å². The van der Waals surface area contributed by atoms with Gasteiger partial charge in [-0.2, -0.15) is 0 Å². The first kappa shape index (κ1) is 12.1. The molecule has 1 amide bonds. The van der Waals surface area contributed by atoms with E-state index in [1.165, 1.54) is 25.7 Å². The van der Waals surface area contributed by atoms with Gasteiger partial charge in [-0.25, -0.2) is 0 Å². The molecule has 0 unspecified atom stereocenters. The molecule has 0 aliphatic heterocycles. The number of benzene rings is 1. The van der Waals surface area contributed by atoms with Gasteiger partial charge in [0.25, 0.3) is 0 Å². The zero-order valence-electron chi connectivity index (χ0n) is 10.1. The van der Waals surface area contributed by atoms with E-state index in [-0.39, 0.29) is 5.91 Å². The van der Waals surface area contributed by atoms with Crippen molar-refractivity contribution in [2.45, 2.75) is 32.2 Å². The molecule has 1 saturated carbocycles. The van der Waals surface area contributed by atoms with Crippen LogP contribution < -0.4 is 11.1 Å². The number of hydrogen-bond acceptors (Lipinski definition) is 2. The van der Waals surface area contributed by atoms with Crippen molar-refractivity contribution in [2.24, 2.45) is 11.7 Å². The first-order chi connectivity index (χ1) is 8.25. The molecule has 1 aromatic carbocycles. The van der Waals surface area contributed by atoms with Gasteiger partial charge in [0.1, 0.15) is 0 Å². The fourth-order valence-corrected chi connectivity index (χ4v) is 2.47. The van der Waals surface area contributed by atoms with Crippen LogP contribution in [0.3, 0.4) is 0 Å². The fraction of sp³-hybridized carbons (Fsp3) is 0.500. The monoisotopic (exact) mass is 232 g/mol. The molecule has 0 aromatic heterocycles. The molecule has 0 radical (unpaired) electrons. The molecule has 3 nitrogen and oxygen atoms in total. The third-order valence-corrected chi connectivity index (χ3v) is 3.45. The van der Waals surface area contributed by atoms with Crippen LogP contribution in [0, 0.1) is 5.92 Å². The van der Waals surface area contributed by atoms with Crippen molar-refractivity contribution < 1.29 is 4.79 Å². The van der Waals surface area contributed by atoms with Gasteiger partial charge in [-0.05, 0) is 43.0 Å². The van der Waals surface area contributed by atoms with E-state index in [0.717, 1.165) is 24.6 Å². The molecule has 0 bridgehead atoms. The number of rotatable bonds is 5. The molecule has 0 saturated heterocycles. The summed E-state index contributed by atoms with van der Waals surface area (Å²) in [6, 6.07) is 7.52. The first-order valence-corrected chi connectivity index (χ1v) is 6.35. The van der Waals surface area contributed by atoms with Gasteiger partial charge in [0, 0.05) is 12.1 Å². The Labute approximate surface area is 102 Å². The van der Waals surface area contributed by atoms with Crippen molar-refractivity contribution in [1.82, 2.24) is 5.32 Å². The third kappa shape index (κ3) is 3.56. The Kier molecular flexibility index (Phi) is 4.15. The van der Waals surface area contributed by atoms with Crippen LogP contribution in [0.5, 0.6) is 0 Å². The highest BCUT2D eigenvalue weighted by Crippen LogP contribution is 2.23. The summed E-state index contributed by atoms with van der Waals surface area (Å²) in [6.07, 6.45) is 5.47. The molecular formula is C14H20N2O. The molecule has 92 valence electrons. The molecule has 1 aromatic rings. The maximum Gasteiger partial charge on any atom is 0.248 e. The average molecular weight is 232 g/mol. The number of primary amides is 1. The van der Waals surface area contributed by atoms with E-state index in [1.54, 1.807) is 6.07 Å². The van der Waals surface area contributed by atoms with Crippen LogP contribution in [0.4, 0.5) is 0 Å². The molecule has 1 aliphatic rings. The smallest absolute Gasteiger partial charge is 0.248 e. The van der Waals surface area contributed by atoms with Gasteiger partial charge in [-0.15, -0.1) is 0 Å². The van der Waals surface area contributed by atoms with Crippen LogP contribution in [0.1, 0.15) is 41.6 Å². The van der Waals surface area contributed by atoms with Crippen LogP contribution in [-0.2, 0) is 6.54 Å². The number of carbonyl (C=O) groups is 1. The van der Waals surface area contributed by atoms with Gasteiger partial charge in [-0.3, -0.25) is 4.79 Å². The van der Waals surface area contributed by atoms with E-state index in [2.05, 4.69) is 5.32 Å². The highest BCUT2D eigenvalue weighted by Gasteiger charge is 2.13. The number of amides is 1. The van der Waals surface area contributed by atoms with Crippen molar-refractivity contribution in [3.8, 4) is 0 Å². The lowest BCUT2D eigenvalue weighted by molar-refractivity contribution is 0.1000. The molecule has 0 atom stereocenters. The molecule has 1 aliphatic carbocycles. The predicted octanol–water partition coefficient (Wildman–Crippen LogP) is 2.07. The minimum Gasteiger partial charge on any atom is -0.366 e. The van der Waals surface area contributed by atoms with Crippen LogP contribution >= 0.6 is 0 Å². The van der Waals surface area contributed by atoms with Gasteiger partial charge >= 0.3 is 0 Å². The Bertz CT molecular complexity index is 384. The molecule has 3 N–H and O–H groups in total. The SMILES string of the molecule is NC(=O)c1cccc(CNCC2CCCC2)c1. The molecule has 0 heterocycles. The van der Waals surface area contributed by atoms with Gasteiger partial charge in [0.15, 0.2) is 0 Å². The Hall–Kier alpha value is -1.35.